The van der Waals surface area contributed by atoms with Crippen LogP contribution in [-0.4, -0.2) is 83.9 Å². The Morgan fingerprint density at radius 1 is 1.34 bits per heavy atom. The molecule has 0 aromatic carbocycles. The van der Waals surface area contributed by atoms with Gasteiger partial charge in [0, 0.05) is 46.1 Å². The molecule has 29 heavy (non-hydrogen) atoms. The number of urea groups is 1. The molecule has 2 aliphatic rings. The van der Waals surface area contributed by atoms with Crippen molar-refractivity contribution in [3.8, 4) is 0 Å². The lowest BCUT2D eigenvalue weighted by molar-refractivity contribution is -0.125. The third-order valence-electron chi connectivity index (χ3n) is 5.11. The zero-order valence-electron chi connectivity index (χ0n) is 16.7. The predicted octanol–water partition coefficient (Wildman–Crippen LogP) is -1.34. The van der Waals surface area contributed by atoms with Gasteiger partial charge in [0.05, 0.1) is 31.8 Å². The first-order chi connectivity index (χ1) is 14.0. The first kappa shape index (κ1) is 21.5. The lowest BCUT2D eigenvalue weighted by Gasteiger charge is -2.20. The van der Waals surface area contributed by atoms with Gasteiger partial charge in [0.25, 0.3) is 0 Å². The van der Waals surface area contributed by atoms with Gasteiger partial charge in [-0.05, 0) is 0 Å². The molecule has 162 valence electrons. The largest absolute Gasteiger partial charge is 0.388 e. The fourth-order valence-electron chi connectivity index (χ4n) is 3.55. The van der Waals surface area contributed by atoms with Crippen LogP contribution in [0.5, 0.6) is 0 Å². The van der Waals surface area contributed by atoms with Crippen LogP contribution >= 0.6 is 0 Å². The number of aliphatic hydroxyl groups is 1. The van der Waals surface area contributed by atoms with Crippen LogP contribution in [0.2, 0.25) is 0 Å². The molecule has 0 radical (unpaired) electrons. The molecule has 1 aromatic rings. The zero-order chi connectivity index (χ0) is 20.8. The smallest absolute Gasteiger partial charge is 0.314 e. The van der Waals surface area contributed by atoms with E-state index < -0.39 is 18.3 Å². The number of nitrogens with zero attached hydrogens (tertiary/aromatic N) is 2. The minimum absolute atomic E-state index is 0.140. The van der Waals surface area contributed by atoms with Crippen molar-refractivity contribution in [2.24, 2.45) is 7.05 Å². The minimum Gasteiger partial charge on any atom is -0.388 e. The summed E-state index contributed by atoms with van der Waals surface area (Å²) in [5.41, 5.74) is 0. The second-order valence-corrected chi connectivity index (χ2v) is 7.23. The number of hydrogen-bond acceptors (Lipinski definition) is 7. The molecule has 11 nitrogen and oxygen atoms in total. The van der Waals surface area contributed by atoms with Crippen molar-refractivity contribution >= 4 is 11.9 Å². The van der Waals surface area contributed by atoms with Gasteiger partial charge < -0.3 is 39.8 Å². The molecule has 0 spiro atoms. The van der Waals surface area contributed by atoms with Gasteiger partial charge in [-0.1, -0.05) is 0 Å². The second kappa shape index (κ2) is 10.0. The van der Waals surface area contributed by atoms with Crippen LogP contribution in [0.1, 0.15) is 18.7 Å². The fourth-order valence-corrected chi connectivity index (χ4v) is 3.55. The van der Waals surface area contributed by atoms with Crippen molar-refractivity contribution < 1.29 is 28.9 Å². The summed E-state index contributed by atoms with van der Waals surface area (Å²) in [6.45, 7) is 1.34. The van der Waals surface area contributed by atoms with Gasteiger partial charge in [-0.2, -0.15) is 0 Å². The Kier molecular flexibility index (Phi) is 7.42. The molecule has 1 aromatic heterocycles. The molecule has 3 rings (SSSR count). The molecular formula is C18H29N5O6. The van der Waals surface area contributed by atoms with Crippen LogP contribution in [-0.2, 0) is 32.6 Å². The van der Waals surface area contributed by atoms with E-state index in [1.165, 1.54) is 0 Å². The number of carbonyl (C=O) groups excluding carboxylic acids is 2. The maximum atomic E-state index is 12.2. The van der Waals surface area contributed by atoms with E-state index in [0.717, 1.165) is 5.82 Å². The number of rotatable bonds is 9. The van der Waals surface area contributed by atoms with Crippen molar-refractivity contribution in [3.05, 3.63) is 18.2 Å². The van der Waals surface area contributed by atoms with Gasteiger partial charge in [-0.25, -0.2) is 9.78 Å². The van der Waals surface area contributed by atoms with Crippen LogP contribution < -0.4 is 16.0 Å². The Hall–Kier alpha value is -2.21. The average Bonchev–Trinajstić information content (AvgIpc) is 3.35. The van der Waals surface area contributed by atoms with E-state index >= 15 is 0 Å². The molecule has 0 aliphatic carbocycles. The van der Waals surface area contributed by atoms with Crippen molar-refractivity contribution in [2.45, 2.75) is 49.9 Å². The third-order valence-corrected chi connectivity index (χ3v) is 5.11. The lowest BCUT2D eigenvalue weighted by atomic mass is 10.1. The Morgan fingerprint density at radius 2 is 2.17 bits per heavy atom. The van der Waals surface area contributed by atoms with Crippen LogP contribution in [0.15, 0.2) is 12.4 Å². The van der Waals surface area contributed by atoms with Crippen molar-refractivity contribution in [1.82, 2.24) is 25.5 Å². The molecule has 0 bridgehead atoms. The summed E-state index contributed by atoms with van der Waals surface area (Å²) < 4.78 is 18.4. The first-order valence-corrected chi connectivity index (χ1v) is 9.70. The molecule has 5 atom stereocenters. The minimum atomic E-state index is -0.861. The van der Waals surface area contributed by atoms with Crippen LogP contribution in [0.4, 0.5) is 4.79 Å². The van der Waals surface area contributed by atoms with Crippen molar-refractivity contribution in [3.63, 3.8) is 0 Å². The highest BCUT2D eigenvalue weighted by Crippen LogP contribution is 2.35. The van der Waals surface area contributed by atoms with E-state index in [1.54, 1.807) is 13.3 Å². The molecule has 0 unspecified atom stereocenters. The highest BCUT2D eigenvalue weighted by atomic mass is 16.6. The third kappa shape index (κ3) is 5.66. The fraction of sp³-hybridized carbons (Fsp3) is 0.722. The number of nitrogens with one attached hydrogen (secondary N) is 3. The number of methoxy groups -OCH3 is 1. The van der Waals surface area contributed by atoms with E-state index in [9.17, 15) is 14.7 Å². The van der Waals surface area contributed by atoms with E-state index in [4.69, 9.17) is 14.2 Å². The molecule has 3 heterocycles. The molecule has 2 saturated heterocycles. The normalized spacial score (nSPS) is 28.2. The summed E-state index contributed by atoms with van der Waals surface area (Å²) in [6.07, 6.45) is 1.70. The maximum Gasteiger partial charge on any atom is 0.314 e. The topological polar surface area (TPSA) is 136 Å². The number of hydrogen-bond donors (Lipinski definition) is 4. The molecule has 4 N–H and O–H groups in total. The predicted molar refractivity (Wildman–Crippen MR) is 101 cm³/mol. The van der Waals surface area contributed by atoms with Crippen molar-refractivity contribution in [2.75, 3.05) is 26.8 Å². The Balaban J connectivity index is 1.36. The number of aromatic nitrogens is 2. The standard InChI is InChI=1S/C18H29N5O6/c1-23-5-3-19-14(23)10-21-15(24)8-11-7-12-17(28-11)16(25)13(29-12)9-22-18(26)20-4-6-27-2/h3,5,11-13,16-17,25H,4,6-10H2,1-2H3,(H,21,24)(H2,20,22,26)/t11-,12+,13+,16+,17-/m0/s1. The van der Waals surface area contributed by atoms with E-state index in [-0.39, 0.29) is 37.1 Å². The first-order valence-electron chi connectivity index (χ1n) is 9.70. The number of fused-ring (bicyclic) bond motifs is 1. The highest BCUT2D eigenvalue weighted by Gasteiger charge is 2.50. The van der Waals surface area contributed by atoms with Gasteiger partial charge in [-0.15, -0.1) is 0 Å². The average molecular weight is 411 g/mol. The Morgan fingerprint density at radius 3 is 2.86 bits per heavy atom. The molecule has 11 heteroatoms. The van der Waals surface area contributed by atoms with Gasteiger partial charge in [0.2, 0.25) is 5.91 Å². The number of carbonyl (C=O) groups is 2. The van der Waals surface area contributed by atoms with Crippen LogP contribution in [0.3, 0.4) is 0 Å². The van der Waals surface area contributed by atoms with Crippen LogP contribution in [0, 0.1) is 0 Å². The van der Waals surface area contributed by atoms with Gasteiger partial charge in [-0.3, -0.25) is 4.79 Å². The summed E-state index contributed by atoms with van der Waals surface area (Å²) in [5, 5.41) is 18.6. The Labute approximate surface area is 169 Å². The zero-order valence-corrected chi connectivity index (χ0v) is 16.7. The second-order valence-electron chi connectivity index (χ2n) is 7.23. The van der Waals surface area contributed by atoms with Crippen LogP contribution in [0.25, 0.3) is 0 Å². The summed E-state index contributed by atoms with van der Waals surface area (Å²) >= 11 is 0. The number of ether oxygens (including phenoxy) is 3. The van der Waals surface area contributed by atoms with Crippen molar-refractivity contribution in [1.29, 1.82) is 0 Å². The van der Waals surface area contributed by atoms with Gasteiger partial charge >= 0.3 is 6.03 Å². The van der Waals surface area contributed by atoms with E-state index in [1.807, 2.05) is 17.8 Å². The van der Waals surface area contributed by atoms with E-state index in [0.29, 0.717) is 26.1 Å². The summed E-state index contributed by atoms with van der Waals surface area (Å²) in [4.78, 5) is 28.0. The SMILES string of the molecule is COCCNC(=O)NC[C@H]1O[C@@H]2C[C@@H](CC(=O)NCc3nccn3C)O[C@@H]2[C@@H]1O. The quantitative estimate of drug-likeness (QED) is 0.369. The molecule has 2 fully saturated rings. The highest BCUT2D eigenvalue weighted by molar-refractivity contribution is 5.76. The van der Waals surface area contributed by atoms with Gasteiger partial charge in [0.1, 0.15) is 24.1 Å². The molecule has 2 aliphatic heterocycles. The molecule has 0 saturated carbocycles. The number of imidazole rings is 1. The summed E-state index contributed by atoms with van der Waals surface area (Å²) in [6, 6.07) is -0.349. The monoisotopic (exact) mass is 411 g/mol. The number of amides is 3. The Bertz CT molecular complexity index is 698. The maximum absolute atomic E-state index is 12.2. The number of aryl methyl sites for hydroxylation is 1. The summed E-state index contributed by atoms with van der Waals surface area (Å²) in [5.74, 6) is 0.626. The number of aliphatic hydroxyl groups excluding tert-OH is 1. The molecular weight excluding hydrogens is 382 g/mol. The molecule has 3 amide bonds. The van der Waals surface area contributed by atoms with Gasteiger partial charge in [0.15, 0.2) is 0 Å². The van der Waals surface area contributed by atoms with E-state index in [2.05, 4.69) is 20.9 Å². The lowest BCUT2D eigenvalue weighted by Crippen LogP contribution is -2.44. The summed E-state index contributed by atoms with van der Waals surface area (Å²) in [7, 11) is 3.42.